The Balaban J connectivity index is 2.23. The Hall–Kier alpha value is -1.06. The third kappa shape index (κ3) is 4.73. The van der Waals surface area contributed by atoms with E-state index >= 15 is 0 Å². The fourth-order valence-corrected chi connectivity index (χ4v) is 3.60. The van der Waals surface area contributed by atoms with Gasteiger partial charge < -0.3 is 15.5 Å². The summed E-state index contributed by atoms with van der Waals surface area (Å²) in [5.41, 5.74) is 3.22. The quantitative estimate of drug-likeness (QED) is 0.794. The average molecular weight is 335 g/mol. The zero-order valence-electron chi connectivity index (χ0n) is 16.3. The van der Waals surface area contributed by atoms with Gasteiger partial charge in [0.05, 0.1) is 12.1 Å². The van der Waals surface area contributed by atoms with Crippen LogP contribution in [-0.4, -0.2) is 22.4 Å². The summed E-state index contributed by atoms with van der Waals surface area (Å²) in [4.78, 5) is 0. The molecule has 0 bridgehead atoms. The Morgan fingerprint density at radius 3 is 1.79 bits per heavy atom. The number of rotatable bonds is 3. The molecule has 0 heterocycles. The summed E-state index contributed by atoms with van der Waals surface area (Å²) in [5, 5.41) is 22.9. The number of quaternary nitrogens is 1. The SMILES string of the molecule is CC(C)(C)c1cc(C[NH2+]C2CCC(O)CC2)cc(C(C)(C)C)c1O. The molecule has 0 atom stereocenters. The Bertz CT molecular complexity index is 523. The van der Waals surface area contributed by atoms with Gasteiger partial charge in [-0.2, -0.15) is 0 Å². The predicted molar refractivity (Wildman–Crippen MR) is 99.4 cm³/mol. The first-order valence-corrected chi connectivity index (χ1v) is 9.36. The molecule has 4 N–H and O–H groups in total. The van der Waals surface area contributed by atoms with Gasteiger partial charge in [-0.15, -0.1) is 0 Å². The van der Waals surface area contributed by atoms with Crippen molar-refractivity contribution in [3.63, 3.8) is 0 Å². The molecule has 3 heteroatoms. The molecule has 1 aliphatic rings. The lowest BCUT2D eigenvalue weighted by atomic mass is 9.78. The molecular weight excluding hydrogens is 298 g/mol. The minimum atomic E-state index is -0.0942. The molecule has 1 fully saturated rings. The van der Waals surface area contributed by atoms with Crippen LogP contribution in [0.2, 0.25) is 0 Å². The molecule has 24 heavy (non-hydrogen) atoms. The van der Waals surface area contributed by atoms with Crippen LogP contribution >= 0.6 is 0 Å². The van der Waals surface area contributed by atoms with Crippen molar-refractivity contribution in [1.82, 2.24) is 0 Å². The zero-order chi connectivity index (χ0) is 18.1. The maximum Gasteiger partial charge on any atom is 0.123 e. The van der Waals surface area contributed by atoms with E-state index < -0.39 is 0 Å². The highest BCUT2D eigenvalue weighted by molar-refractivity contribution is 5.49. The molecule has 0 amide bonds. The highest BCUT2D eigenvalue weighted by Crippen LogP contribution is 2.39. The lowest BCUT2D eigenvalue weighted by molar-refractivity contribution is -0.707. The summed E-state index contributed by atoms with van der Waals surface area (Å²) in [6, 6.07) is 4.97. The van der Waals surface area contributed by atoms with E-state index in [4.69, 9.17) is 0 Å². The molecule has 0 aliphatic heterocycles. The topological polar surface area (TPSA) is 57.1 Å². The second-order valence-electron chi connectivity index (χ2n) is 9.55. The van der Waals surface area contributed by atoms with E-state index in [1.54, 1.807) is 0 Å². The van der Waals surface area contributed by atoms with Gasteiger partial charge in [-0.25, -0.2) is 0 Å². The smallest absolute Gasteiger partial charge is 0.123 e. The number of phenols is 1. The normalized spacial score (nSPS) is 22.6. The molecule has 0 saturated heterocycles. The van der Waals surface area contributed by atoms with Gasteiger partial charge in [-0.05, 0) is 35.8 Å². The van der Waals surface area contributed by atoms with E-state index in [1.165, 1.54) is 5.56 Å². The van der Waals surface area contributed by atoms with E-state index in [9.17, 15) is 10.2 Å². The van der Waals surface area contributed by atoms with Crippen molar-refractivity contribution in [1.29, 1.82) is 0 Å². The highest BCUT2D eigenvalue weighted by Gasteiger charge is 2.27. The second kappa shape index (κ2) is 7.05. The molecule has 1 aliphatic carbocycles. The number of benzene rings is 1. The van der Waals surface area contributed by atoms with Crippen LogP contribution in [0.25, 0.3) is 0 Å². The van der Waals surface area contributed by atoms with Gasteiger partial charge in [0.2, 0.25) is 0 Å². The van der Waals surface area contributed by atoms with E-state index in [2.05, 4.69) is 59.0 Å². The van der Waals surface area contributed by atoms with Crippen molar-refractivity contribution < 1.29 is 15.5 Å². The van der Waals surface area contributed by atoms with E-state index in [-0.39, 0.29) is 16.9 Å². The highest BCUT2D eigenvalue weighted by atomic mass is 16.3. The predicted octanol–water partition coefficient (Wildman–Crippen LogP) is 3.35. The van der Waals surface area contributed by atoms with Crippen molar-refractivity contribution in [3.05, 3.63) is 28.8 Å². The summed E-state index contributed by atoms with van der Waals surface area (Å²) in [6.45, 7) is 13.9. The Kier molecular flexibility index (Phi) is 5.66. The number of aliphatic hydroxyl groups excluding tert-OH is 1. The van der Waals surface area contributed by atoms with E-state index in [0.717, 1.165) is 43.4 Å². The van der Waals surface area contributed by atoms with Crippen LogP contribution in [0, 0.1) is 0 Å². The second-order valence-corrected chi connectivity index (χ2v) is 9.55. The van der Waals surface area contributed by atoms with E-state index in [0.29, 0.717) is 11.8 Å². The van der Waals surface area contributed by atoms with Gasteiger partial charge in [0.15, 0.2) is 0 Å². The lowest BCUT2D eigenvalue weighted by Gasteiger charge is -2.28. The summed E-state index contributed by atoms with van der Waals surface area (Å²) in [5.74, 6) is 0.458. The monoisotopic (exact) mass is 334 g/mol. The zero-order valence-corrected chi connectivity index (χ0v) is 16.3. The lowest BCUT2D eigenvalue weighted by Crippen LogP contribution is -2.89. The third-order valence-corrected chi connectivity index (χ3v) is 5.21. The van der Waals surface area contributed by atoms with Crippen LogP contribution in [0.5, 0.6) is 5.75 Å². The molecule has 1 saturated carbocycles. The Morgan fingerprint density at radius 2 is 1.38 bits per heavy atom. The molecular formula is C21H36NO2+. The number of aromatic hydroxyl groups is 1. The maximum absolute atomic E-state index is 10.8. The van der Waals surface area contributed by atoms with Gasteiger partial charge in [0.25, 0.3) is 0 Å². The molecule has 1 aromatic carbocycles. The standard InChI is InChI=1S/C21H35NO2/c1-20(2,3)17-11-14(12-18(19(17)24)21(4,5)6)13-22-15-7-9-16(23)10-8-15/h11-12,15-16,22-24H,7-10,13H2,1-6H3/p+1. The van der Waals surface area contributed by atoms with Crippen LogP contribution in [0.4, 0.5) is 0 Å². The molecule has 2 rings (SSSR count). The van der Waals surface area contributed by atoms with Crippen molar-refractivity contribution in [2.75, 3.05) is 0 Å². The number of hydrogen-bond acceptors (Lipinski definition) is 2. The summed E-state index contributed by atoms with van der Waals surface area (Å²) in [7, 11) is 0. The minimum Gasteiger partial charge on any atom is -0.507 e. The molecule has 1 aromatic rings. The van der Waals surface area contributed by atoms with Crippen LogP contribution in [0.1, 0.15) is 83.9 Å². The Labute approximate surface area is 147 Å². The van der Waals surface area contributed by atoms with Crippen molar-refractivity contribution in [2.45, 2.75) is 96.7 Å². The van der Waals surface area contributed by atoms with Gasteiger partial charge in [-0.3, -0.25) is 0 Å². The maximum atomic E-state index is 10.8. The molecule has 0 spiro atoms. The fourth-order valence-electron chi connectivity index (χ4n) is 3.60. The summed E-state index contributed by atoms with van der Waals surface area (Å²) >= 11 is 0. The number of nitrogens with two attached hydrogens (primary N) is 1. The first kappa shape index (κ1) is 19.3. The number of phenolic OH excluding ortho intramolecular Hbond substituents is 1. The minimum absolute atomic E-state index is 0.0744. The first-order chi connectivity index (χ1) is 11.0. The van der Waals surface area contributed by atoms with E-state index in [1.807, 2.05) is 0 Å². The number of hydrogen-bond donors (Lipinski definition) is 3. The van der Waals surface area contributed by atoms with Gasteiger partial charge >= 0.3 is 0 Å². The largest absolute Gasteiger partial charge is 0.507 e. The van der Waals surface area contributed by atoms with Gasteiger partial charge in [-0.1, -0.05) is 41.5 Å². The van der Waals surface area contributed by atoms with Gasteiger partial charge in [0.1, 0.15) is 12.3 Å². The van der Waals surface area contributed by atoms with Crippen LogP contribution < -0.4 is 5.32 Å². The molecule has 136 valence electrons. The Morgan fingerprint density at radius 1 is 0.917 bits per heavy atom. The average Bonchev–Trinajstić information content (AvgIpc) is 2.45. The van der Waals surface area contributed by atoms with Crippen molar-refractivity contribution in [3.8, 4) is 5.75 Å². The molecule has 0 aromatic heterocycles. The fraction of sp³-hybridized carbons (Fsp3) is 0.714. The van der Waals surface area contributed by atoms with Gasteiger partial charge in [0, 0.05) is 29.5 Å². The van der Waals surface area contributed by atoms with Crippen LogP contribution in [0.3, 0.4) is 0 Å². The van der Waals surface area contributed by atoms with Crippen LogP contribution in [0.15, 0.2) is 12.1 Å². The van der Waals surface area contributed by atoms with Crippen molar-refractivity contribution >= 4 is 0 Å². The molecule has 3 nitrogen and oxygen atoms in total. The summed E-state index contributed by atoms with van der Waals surface area (Å²) in [6.07, 6.45) is 3.95. The summed E-state index contributed by atoms with van der Waals surface area (Å²) < 4.78 is 0. The first-order valence-electron chi connectivity index (χ1n) is 9.36. The molecule has 0 radical (unpaired) electrons. The van der Waals surface area contributed by atoms with Crippen molar-refractivity contribution in [2.24, 2.45) is 0 Å². The third-order valence-electron chi connectivity index (χ3n) is 5.21. The molecule has 0 unspecified atom stereocenters. The van der Waals surface area contributed by atoms with Crippen LogP contribution in [-0.2, 0) is 17.4 Å². The number of aliphatic hydroxyl groups is 1.